The first kappa shape index (κ1) is 15.6. The summed E-state index contributed by atoms with van der Waals surface area (Å²) in [6.07, 6.45) is -0.516. The van der Waals surface area contributed by atoms with Gasteiger partial charge >= 0.3 is 6.09 Å². The number of hydrogen-bond donors (Lipinski definition) is 2. The van der Waals surface area contributed by atoms with Crippen molar-refractivity contribution in [3.8, 4) is 28.0 Å². The molecule has 120 valence electrons. The van der Waals surface area contributed by atoms with Gasteiger partial charge < -0.3 is 9.84 Å². The molecule has 0 atom stereocenters. The molecule has 1 amide bonds. The fourth-order valence-corrected chi connectivity index (χ4v) is 2.54. The van der Waals surface area contributed by atoms with E-state index in [4.69, 9.17) is 4.74 Å². The summed E-state index contributed by atoms with van der Waals surface area (Å²) in [4.78, 5) is 11.6. The van der Waals surface area contributed by atoms with Gasteiger partial charge in [-0.2, -0.15) is 0 Å². The molecule has 0 saturated carbocycles. The number of hydrogen-bond acceptors (Lipinski definition) is 3. The van der Waals surface area contributed by atoms with Crippen LogP contribution in [0, 0.1) is 0 Å². The minimum absolute atomic E-state index is 0.213. The van der Waals surface area contributed by atoms with E-state index in [1.807, 2.05) is 54.6 Å². The van der Waals surface area contributed by atoms with Crippen LogP contribution in [0.2, 0.25) is 0 Å². The van der Waals surface area contributed by atoms with Crippen LogP contribution in [0.25, 0.3) is 22.3 Å². The minimum Gasteiger partial charge on any atom is -0.508 e. The van der Waals surface area contributed by atoms with E-state index in [1.165, 1.54) is 7.11 Å². The first-order chi connectivity index (χ1) is 11.7. The van der Waals surface area contributed by atoms with Crippen molar-refractivity contribution in [1.82, 2.24) is 0 Å². The van der Waals surface area contributed by atoms with Crippen molar-refractivity contribution in [3.05, 3.63) is 72.8 Å². The van der Waals surface area contributed by atoms with Gasteiger partial charge in [0.25, 0.3) is 0 Å². The first-order valence-electron chi connectivity index (χ1n) is 7.51. The predicted octanol–water partition coefficient (Wildman–Crippen LogP) is 4.90. The number of phenolic OH excluding ortho intramolecular Hbond substituents is 1. The Kier molecular flexibility index (Phi) is 4.47. The van der Waals surface area contributed by atoms with E-state index in [-0.39, 0.29) is 5.75 Å². The van der Waals surface area contributed by atoms with Gasteiger partial charge in [-0.1, -0.05) is 48.5 Å². The maximum absolute atomic E-state index is 11.6. The van der Waals surface area contributed by atoms with Crippen LogP contribution in [0.3, 0.4) is 0 Å². The number of amides is 1. The van der Waals surface area contributed by atoms with Crippen LogP contribution in [-0.4, -0.2) is 18.3 Å². The second kappa shape index (κ2) is 6.87. The number of nitrogens with one attached hydrogen (secondary N) is 1. The third kappa shape index (κ3) is 3.38. The van der Waals surface area contributed by atoms with E-state index < -0.39 is 6.09 Å². The van der Waals surface area contributed by atoms with Crippen molar-refractivity contribution in [1.29, 1.82) is 0 Å². The molecule has 0 aromatic heterocycles. The first-order valence-corrected chi connectivity index (χ1v) is 7.51. The van der Waals surface area contributed by atoms with Crippen LogP contribution >= 0.6 is 0 Å². The summed E-state index contributed by atoms with van der Waals surface area (Å²) in [7, 11) is 1.33. The summed E-state index contributed by atoms with van der Waals surface area (Å²) in [5.41, 5.74) is 4.36. The highest BCUT2D eigenvalue weighted by molar-refractivity contribution is 5.93. The Labute approximate surface area is 140 Å². The highest BCUT2D eigenvalue weighted by atomic mass is 16.5. The zero-order valence-corrected chi connectivity index (χ0v) is 13.2. The van der Waals surface area contributed by atoms with E-state index >= 15 is 0 Å². The van der Waals surface area contributed by atoms with E-state index in [9.17, 15) is 9.90 Å². The lowest BCUT2D eigenvalue weighted by Crippen LogP contribution is -2.11. The Bertz CT molecular complexity index is 860. The lowest BCUT2D eigenvalue weighted by molar-refractivity contribution is 0.187. The van der Waals surface area contributed by atoms with Gasteiger partial charge in [-0.25, -0.2) is 4.79 Å². The Balaban J connectivity index is 2.10. The fourth-order valence-electron chi connectivity index (χ4n) is 2.54. The SMILES string of the molecule is COC(=O)Nc1ccc(-c2cccc(O)c2)cc1-c1ccccc1. The molecule has 0 fully saturated rings. The second-order valence-electron chi connectivity index (χ2n) is 5.29. The highest BCUT2D eigenvalue weighted by Crippen LogP contribution is 2.33. The Morgan fingerprint density at radius 2 is 1.58 bits per heavy atom. The summed E-state index contributed by atoms with van der Waals surface area (Å²) in [5, 5.41) is 12.4. The molecule has 4 heteroatoms. The largest absolute Gasteiger partial charge is 0.508 e. The molecule has 3 aromatic rings. The summed E-state index contributed by atoms with van der Waals surface area (Å²) in [6, 6.07) is 22.6. The number of aromatic hydroxyl groups is 1. The van der Waals surface area contributed by atoms with Crippen molar-refractivity contribution >= 4 is 11.8 Å². The molecular weight excluding hydrogens is 302 g/mol. The number of carbonyl (C=O) groups excluding carboxylic acids is 1. The highest BCUT2D eigenvalue weighted by Gasteiger charge is 2.11. The third-order valence-electron chi connectivity index (χ3n) is 3.71. The molecule has 3 aromatic carbocycles. The summed E-state index contributed by atoms with van der Waals surface area (Å²) in [5.74, 6) is 0.213. The quantitative estimate of drug-likeness (QED) is 0.721. The van der Waals surface area contributed by atoms with E-state index in [1.54, 1.807) is 18.2 Å². The molecule has 0 aliphatic heterocycles. The van der Waals surface area contributed by atoms with Crippen LogP contribution in [0.4, 0.5) is 10.5 Å². The Morgan fingerprint density at radius 3 is 2.29 bits per heavy atom. The van der Waals surface area contributed by atoms with E-state index in [0.717, 1.165) is 22.3 Å². The number of ether oxygens (including phenoxy) is 1. The number of phenols is 1. The molecule has 0 saturated heterocycles. The number of carbonyl (C=O) groups is 1. The molecule has 0 unspecified atom stereocenters. The number of rotatable bonds is 3. The normalized spacial score (nSPS) is 10.2. The molecule has 0 aliphatic rings. The minimum atomic E-state index is -0.516. The average molecular weight is 319 g/mol. The van der Waals surface area contributed by atoms with Gasteiger partial charge in [0.05, 0.1) is 12.8 Å². The molecule has 4 nitrogen and oxygen atoms in total. The van der Waals surface area contributed by atoms with Crippen LogP contribution < -0.4 is 5.32 Å². The molecule has 0 radical (unpaired) electrons. The number of anilines is 1. The van der Waals surface area contributed by atoms with Gasteiger partial charge in [0.1, 0.15) is 5.75 Å². The Morgan fingerprint density at radius 1 is 0.875 bits per heavy atom. The van der Waals surface area contributed by atoms with Gasteiger partial charge in [0.15, 0.2) is 0 Å². The monoisotopic (exact) mass is 319 g/mol. The molecule has 2 N–H and O–H groups in total. The topological polar surface area (TPSA) is 58.6 Å². The van der Waals surface area contributed by atoms with Crippen LogP contribution in [0.1, 0.15) is 0 Å². The maximum atomic E-state index is 11.6. The molecule has 0 bridgehead atoms. The number of benzene rings is 3. The van der Waals surface area contributed by atoms with Crippen molar-refractivity contribution in [2.24, 2.45) is 0 Å². The van der Waals surface area contributed by atoms with Crippen molar-refractivity contribution in [2.75, 3.05) is 12.4 Å². The zero-order valence-electron chi connectivity index (χ0n) is 13.2. The molecule has 3 rings (SSSR count). The maximum Gasteiger partial charge on any atom is 0.411 e. The van der Waals surface area contributed by atoms with E-state index in [2.05, 4.69) is 5.32 Å². The molecule has 0 heterocycles. The van der Waals surface area contributed by atoms with Crippen LogP contribution in [0.15, 0.2) is 72.8 Å². The Hall–Kier alpha value is -3.27. The number of methoxy groups -OCH3 is 1. The molecule has 0 spiro atoms. The van der Waals surface area contributed by atoms with Gasteiger partial charge in [-0.05, 0) is 41.0 Å². The van der Waals surface area contributed by atoms with Crippen LogP contribution in [-0.2, 0) is 4.74 Å². The molecule has 0 aliphatic carbocycles. The van der Waals surface area contributed by atoms with Crippen molar-refractivity contribution in [2.45, 2.75) is 0 Å². The lowest BCUT2D eigenvalue weighted by Gasteiger charge is -2.13. The van der Waals surface area contributed by atoms with Crippen molar-refractivity contribution < 1.29 is 14.6 Å². The predicted molar refractivity (Wildman–Crippen MR) is 95.0 cm³/mol. The van der Waals surface area contributed by atoms with E-state index in [0.29, 0.717) is 5.69 Å². The standard InChI is InChI=1S/C20H17NO3/c1-24-20(23)21-19-11-10-16(15-8-5-9-17(22)12-15)13-18(19)14-6-3-2-4-7-14/h2-13,22H,1H3,(H,21,23). The molecular formula is C20H17NO3. The van der Waals surface area contributed by atoms with Crippen LogP contribution in [0.5, 0.6) is 5.75 Å². The molecule has 24 heavy (non-hydrogen) atoms. The second-order valence-corrected chi connectivity index (χ2v) is 5.29. The summed E-state index contributed by atoms with van der Waals surface area (Å²) >= 11 is 0. The fraction of sp³-hybridized carbons (Fsp3) is 0.0500. The smallest absolute Gasteiger partial charge is 0.411 e. The lowest BCUT2D eigenvalue weighted by atomic mass is 9.97. The van der Waals surface area contributed by atoms with Crippen molar-refractivity contribution in [3.63, 3.8) is 0 Å². The van der Waals surface area contributed by atoms with Gasteiger partial charge in [-0.3, -0.25) is 5.32 Å². The summed E-state index contributed by atoms with van der Waals surface area (Å²) in [6.45, 7) is 0. The third-order valence-corrected chi connectivity index (χ3v) is 3.71. The van der Waals surface area contributed by atoms with Gasteiger partial charge in [-0.15, -0.1) is 0 Å². The van der Waals surface area contributed by atoms with Gasteiger partial charge in [0.2, 0.25) is 0 Å². The summed E-state index contributed by atoms with van der Waals surface area (Å²) < 4.78 is 4.69. The zero-order chi connectivity index (χ0) is 16.9. The average Bonchev–Trinajstić information content (AvgIpc) is 2.62. The van der Waals surface area contributed by atoms with Gasteiger partial charge in [0, 0.05) is 5.56 Å².